The van der Waals surface area contributed by atoms with Crippen molar-refractivity contribution in [1.29, 1.82) is 0 Å². The van der Waals surface area contributed by atoms with E-state index < -0.39 is 0 Å². The van der Waals surface area contributed by atoms with Crippen LogP contribution in [0.3, 0.4) is 0 Å². The Hall–Kier alpha value is -2.20. The summed E-state index contributed by atoms with van der Waals surface area (Å²) in [5, 5.41) is 3.37. The van der Waals surface area contributed by atoms with E-state index in [1.807, 2.05) is 38.1 Å². The van der Waals surface area contributed by atoms with Crippen molar-refractivity contribution in [2.75, 3.05) is 18.5 Å². The van der Waals surface area contributed by atoms with Crippen LogP contribution in [-0.2, 0) is 4.79 Å². The van der Waals surface area contributed by atoms with Gasteiger partial charge < -0.3 is 14.8 Å². The topological polar surface area (TPSA) is 47.6 Å². The minimum absolute atomic E-state index is 0.0992. The summed E-state index contributed by atoms with van der Waals surface area (Å²) in [6.07, 6.45) is 0.906. The van der Waals surface area contributed by atoms with Crippen molar-refractivity contribution in [3.05, 3.63) is 53.1 Å². The molecule has 0 aliphatic heterocycles. The minimum atomic E-state index is -0.254. The van der Waals surface area contributed by atoms with E-state index >= 15 is 0 Å². The van der Waals surface area contributed by atoms with Crippen LogP contribution >= 0.6 is 11.6 Å². The number of benzene rings is 2. The van der Waals surface area contributed by atoms with Crippen molar-refractivity contribution >= 4 is 23.2 Å². The van der Waals surface area contributed by atoms with E-state index in [4.69, 9.17) is 21.1 Å². The molecule has 2 rings (SSSR count). The first-order valence-electron chi connectivity index (χ1n) is 7.50. The molecule has 1 N–H and O–H groups in total. The largest absolute Gasteiger partial charge is 0.490 e. The number of rotatable bonds is 7. The Morgan fingerprint density at radius 3 is 2.48 bits per heavy atom. The zero-order valence-corrected chi connectivity index (χ0v) is 14.0. The first-order chi connectivity index (χ1) is 11.1. The van der Waals surface area contributed by atoms with Gasteiger partial charge >= 0.3 is 0 Å². The molecule has 122 valence electrons. The van der Waals surface area contributed by atoms with Gasteiger partial charge in [-0.25, -0.2) is 0 Å². The summed E-state index contributed by atoms with van der Waals surface area (Å²) in [7, 11) is 0. The molecule has 4 nitrogen and oxygen atoms in total. The lowest BCUT2D eigenvalue weighted by Gasteiger charge is -2.12. The molecule has 0 spiro atoms. The number of amides is 1. The van der Waals surface area contributed by atoms with Gasteiger partial charge in [0.05, 0.1) is 6.61 Å². The van der Waals surface area contributed by atoms with Crippen molar-refractivity contribution in [3.63, 3.8) is 0 Å². The molecule has 0 aliphatic rings. The summed E-state index contributed by atoms with van der Waals surface area (Å²) < 4.78 is 11.1. The SMILES string of the molecule is CCCOc1ccccc1OCC(=O)Nc1ccc(C)c(Cl)c1. The summed E-state index contributed by atoms with van der Waals surface area (Å²) >= 11 is 6.04. The third-order valence-electron chi connectivity index (χ3n) is 3.13. The number of nitrogens with one attached hydrogen (secondary N) is 1. The Balaban J connectivity index is 1.92. The van der Waals surface area contributed by atoms with Crippen LogP contribution in [0.5, 0.6) is 11.5 Å². The molecule has 0 heterocycles. The maximum absolute atomic E-state index is 12.0. The lowest BCUT2D eigenvalue weighted by molar-refractivity contribution is -0.118. The number of carbonyl (C=O) groups is 1. The Bertz CT molecular complexity index is 673. The van der Waals surface area contributed by atoms with E-state index in [1.54, 1.807) is 18.2 Å². The van der Waals surface area contributed by atoms with Crippen molar-refractivity contribution in [2.45, 2.75) is 20.3 Å². The fraction of sp³-hybridized carbons (Fsp3) is 0.278. The summed E-state index contributed by atoms with van der Waals surface area (Å²) in [6, 6.07) is 12.7. The van der Waals surface area contributed by atoms with Gasteiger partial charge in [-0.3, -0.25) is 4.79 Å². The molecule has 2 aromatic rings. The summed E-state index contributed by atoms with van der Waals surface area (Å²) in [4.78, 5) is 12.0. The molecule has 0 saturated heterocycles. The second-order valence-electron chi connectivity index (χ2n) is 5.10. The molecular formula is C18H20ClNO3. The number of hydrogen-bond donors (Lipinski definition) is 1. The normalized spacial score (nSPS) is 10.2. The first-order valence-corrected chi connectivity index (χ1v) is 7.88. The van der Waals surface area contributed by atoms with Gasteiger partial charge in [-0.15, -0.1) is 0 Å². The van der Waals surface area contributed by atoms with Gasteiger partial charge in [-0.05, 0) is 43.2 Å². The lowest BCUT2D eigenvalue weighted by atomic mass is 10.2. The molecular weight excluding hydrogens is 314 g/mol. The van der Waals surface area contributed by atoms with Gasteiger partial charge in [0, 0.05) is 10.7 Å². The van der Waals surface area contributed by atoms with E-state index in [1.165, 1.54) is 0 Å². The fourth-order valence-electron chi connectivity index (χ4n) is 1.91. The average molecular weight is 334 g/mol. The van der Waals surface area contributed by atoms with Crippen LogP contribution in [0.15, 0.2) is 42.5 Å². The van der Waals surface area contributed by atoms with Crippen molar-refractivity contribution in [3.8, 4) is 11.5 Å². The predicted molar refractivity (Wildman–Crippen MR) is 92.5 cm³/mol. The van der Waals surface area contributed by atoms with Crippen molar-refractivity contribution in [1.82, 2.24) is 0 Å². The molecule has 0 radical (unpaired) electrons. The second kappa shape index (κ2) is 8.44. The van der Waals surface area contributed by atoms with Gasteiger partial charge in [0.1, 0.15) is 0 Å². The average Bonchev–Trinajstić information content (AvgIpc) is 2.55. The van der Waals surface area contributed by atoms with Crippen LogP contribution in [0.1, 0.15) is 18.9 Å². The zero-order chi connectivity index (χ0) is 16.7. The van der Waals surface area contributed by atoms with Gasteiger partial charge in [0.25, 0.3) is 5.91 Å². The number of anilines is 1. The third-order valence-corrected chi connectivity index (χ3v) is 3.53. The van der Waals surface area contributed by atoms with E-state index in [0.717, 1.165) is 12.0 Å². The monoisotopic (exact) mass is 333 g/mol. The minimum Gasteiger partial charge on any atom is -0.490 e. The molecule has 0 aromatic heterocycles. The van der Waals surface area contributed by atoms with Crippen LogP contribution in [0.2, 0.25) is 5.02 Å². The number of carbonyl (C=O) groups excluding carboxylic acids is 1. The number of ether oxygens (including phenoxy) is 2. The molecule has 1 amide bonds. The molecule has 0 saturated carbocycles. The smallest absolute Gasteiger partial charge is 0.262 e. The van der Waals surface area contributed by atoms with E-state index in [0.29, 0.717) is 28.8 Å². The van der Waals surface area contributed by atoms with Gasteiger partial charge in [-0.1, -0.05) is 36.7 Å². The third kappa shape index (κ3) is 5.18. The highest BCUT2D eigenvalue weighted by molar-refractivity contribution is 6.31. The Morgan fingerprint density at radius 2 is 1.83 bits per heavy atom. The highest BCUT2D eigenvalue weighted by Crippen LogP contribution is 2.26. The van der Waals surface area contributed by atoms with Crippen LogP contribution in [0, 0.1) is 6.92 Å². The second-order valence-corrected chi connectivity index (χ2v) is 5.50. The summed E-state index contributed by atoms with van der Waals surface area (Å²) in [6.45, 7) is 4.44. The lowest BCUT2D eigenvalue weighted by Crippen LogP contribution is -2.20. The molecule has 23 heavy (non-hydrogen) atoms. The Labute approximate surface area is 141 Å². The molecule has 0 aliphatic carbocycles. The predicted octanol–water partition coefficient (Wildman–Crippen LogP) is 4.45. The summed E-state index contributed by atoms with van der Waals surface area (Å²) in [5.74, 6) is 0.939. The maximum Gasteiger partial charge on any atom is 0.262 e. The van der Waals surface area contributed by atoms with Crippen LogP contribution < -0.4 is 14.8 Å². The standard InChI is InChI=1S/C18H20ClNO3/c1-3-10-22-16-6-4-5-7-17(16)23-12-18(21)20-14-9-8-13(2)15(19)11-14/h4-9,11H,3,10,12H2,1-2H3,(H,20,21). The highest BCUT2D eigenvalue weighted by atomic mass is 35.5. The van der Waals surface area contributed by atoms with E-state index in [9.17, 15) is 4.79 Å². The quantitative estimate of drug-likeness (QED) is 0.814. The Kier molecular flexibility index (Phi) is 6.29. The summed E-state index contributed by atoms with van der Waals surface area (Å²) in [5.41, 5.74) is 1.60. The molecule has 2 aromatic carbocycles. The van der Waals surface area contributed by atoms with Crippen LogP contribution in [0.4, 0.5) is 5.69 Å². The zero-order valence-electron chi connectivity index (χ0n) is 13.3. The van der Waals surface area contributed by atoms with Crippen LogP contribution in [-0.4, -0.2) is 19.1 Å². The number of aryl methyl sites for hydroxylation is 1. The van der Waals surface area contributed by atoms with Gasteiger partial charge in [0.15, 0.2) is 18.1 Å². The van der Waals surface area contributed by atoms with Crippen molar-refractivity contribution < 1.29 is 14.3 Å². The maximum atomic E-state index is 12.0. The molecule has 0 unspecified atom stereocenters. The van der Waals surface area contributed by atoms with Crippen molar-refractivity contribution in [2.24, 2.45) is 0 Å². The van der Waals surface area contributed by atoms with Gasteiger partial charge in [-0.2, -0.15) is 0 Å². The first kappa shape index (κ1) is 17.2. The molecule has 0 atom stereocenters. The van der Waals surface area contributed by atoms with E-state index in [-0.39, 0.29) is 12.5 Å². The molecule has 0 bridgehead atoms. The number of hydrogen-bond acceptors (Lipinski definition) is 3. The van der Waals surface area contributed by atoms with Gasteiger partial charge in [0.2, 0.25) is 0 Å². The van der Waals surface area contributed by atoms with Crippen LogP contribution in [0.25, 0.3) is 0 Å². The van der Waals surface area contributed by atoms with E-state index in [2.05, 4.69) is 5.32 Å². The molecule has 0 fully saturated rings. The fourth-order valence-corrected chi connectivity index (χ4v) is 2.09. The Morgan fingerprint density at radius 1 is 1.13 bits per heavy atom. The number of para-hydroxylation sites is 2. The highest BCUT2D eigenvalue weighted by Gasteiger charge is 2.08. The molecule has 5 heteroatoms. The number of halogens is 1.